The molecule has 1 aromatic heterocycles. The minimum Gasteiger partial charge on any atom is -0.315 e. The van der Waals surface area contributed by atoms with Crippen LogP contribution >= 0.6 is 11.6 Å². The van der Waals surface area contributed by atoms with Crippen molar-refractivity contribution in [3.05, 3.63) is 47.1 Å². The van der Waals surface area contributed by atoms with Crippen LogP contribution in [0, 0.1) is 5.92 Å². The first-order valence-electron chi connectivity index (χ1n) is 10.7. The van der Waals surface area contributed by atoms with Crippen molar-refractivity contribution in [2.24, 2.45) is 5.92 Å². The van der Waals surface area contributed by atoms with Crippen LogP contribution in [-0.4, -0.2) is 41.0 Å². The van der Waals surface area contributed by atoms with E-state index in [1.54, 1.807) is 37.1 Å². The Morgan fingerprint density at radius 2 is 2.00 bits per heavy atom. The molecule has 8 heteroatoms. The zero-order valence-corrected chi connectivity index (χ0v) is 18.8. The van der Waals surface area contributed by atoms with E-state index in [4.69, 9.17) is 16.6 Å². The summed E-state index contributed by atoms with van der Waals surface area (Å²) in [5, 5.41) is 6.34. The van der Waals surface area contributed by atoms with Crippen molar-refractivity contribution in [3.63, 3.8) is 0 Å². The number of rotatable bonds is 6. The van der Waals surface area contributed by atoms with E-state index >= 15 is 0 Å². The molecule has 1 aliphatic carbocycles. The monoisotopic (exact) mass is 441 g/mol. The predicted octanol–water partition coefficient (Wildman–Crippen LogP) is 4.54. The van der Waals surface area contributed by atoms with Crippen LogP contribution in [0.25, 0.3) is 0 Å². The lowest BCUT2D eigenvalue weighted by molar-refractivity contribution is -0.117. The second-order valence-electron chi connectivity index (χ2n) is 8.32. The molecule has 1 aromatic carbocycles. The lowest BCUT2D eigenvalue weighted by Gasteiger charge is -2.44. The van der Waals surface area contributed by atoms with E-state index in [0.29, 0.717) is 34.7 Å². The van der Waals surface area contributed by atoms with Crippen LogP contribution in [0.1, 0.15) is 38.8 Å². The molecule has 0 spiro atoms. The highest BCUT2D eigenvalue weighted by molar-refractivity contribution is 6.31. The molecule has 2 atom stereocenters. The first-order chi connectivity index (χ1) is 14.9. The number of anilines is 3. The van der Waals surface area contributed by atoms with Gasteiger partial charge in [-0.3, -0.25) is 9.69 Å². The molecule has 4 rings (SSSR count). The molecule has 2 aliphatic rings. The Hall–Kier alpha value is -2.64. The number of amides is 3. The standard InChI is InChI=1S/C23H28ClN5O2/c1-14(25-3)22(30)27-21-11-10-20-19(26-21)13-28(15(2)16-6-4-7-16)23(31)29(20)18-9-5-8-17(24)12-18/h5,8-12,14-16,25H,4,6-7,13H2,1-3H3,(H,26,27,30)/t14-,15?/m0/s1. The van der Waals surface area contributed by atoms with Crippen molar-refractivity contribution in [2.75, 3.05) is 17.3 Å². The van der Waals surface area contributed by atoms with Gasteiger partial charge >= 0.3 is 6.03 Å². The molecule has 1 fully saturated rings. The fourth-order valence-electron chi connectivity index (χ4n) is 4.07. The number of fused-ring (bicyclic) bond motifs is 1. The first-order valence-corrected chi connectivity index (χ1v) is 11.1. The highest BCUT2D eigenvalue weighted by atomic mass is 35.5. The predicted molar refractivity (Wildman–Crippen MR) is 123 cm³/mol. The maximum atomic E-state index is 13.6. The van der Waals surface area contributed by atoms with E-state index < -0.39 is 0 Å². The van der Waals surface area contributed by atoms with Gasteiger partial charge in [-0.15, -0.1) is 0 Å². The number of aromatic nitrogens is 1. The highest BCUT2D eigenvalue weighted by Gasteiger charge is 2.39. The number of likely N-dealkylation sites (N-methyl/N-ethyl adjacent to an activating group) is 1. The summed E-state index contributed by atoms with van der Waals surface area (Å²) in [5.74, 6) is 0.821. The van der Waals surface area contributed by atoms with Crippen LogP contribution in [-0.2, 0) is 11.3 Å². The second kappa shape index (κ2) is 8.85. The van der Waals surface area contributed by atoms with E-state index in [1.807, 2.05) is 23.1 Å². The van der Waals surface area contributed by atoms with E-state index in [9.17, 15) is 9.59 Å². The van der Waals surface area contributed by atoms with Crippen LogP contribution in [0.4, 0.5) is 22.0 Å². The Balaban J connectivity index is 1.72. The van der Waals surface area contributed by atoms with Crippen molar-refractivity contribution in [1.29, 1.82) is 0 Å². The summed E-state index contributed by atoms with van der Waals surface area (Å²) in [6, 6.07) is 10.5. The minimum absolute atomic E-state index is 0.0726. The number of pyridine rings is 1. The summed E-state index contributed by atoms with van der Waals surface area (Å²) in [6.45, 7) is 4.31. The van der Waals surface area contributed by atoms with Crippen LogP contribution in [0.15, 0.2) is 36.4 Å². The third-order valence-electron chi connectivity index (χ3n) is 6.42. The molecule has 0 saturated heterocycles. The number of carbonyl (C=O) groups is 2. The average Bonchev–Trinajstić information content (AvgIpc) is 2.71. The van der Waals surface area contributed by atoms with Gasteiger partial charge in [0.15, 0.2) is 0 Å². The molecule has 164 valence electrons. The molecule has 1 unspecified atom stereocenters. The third-order valence-corrected chi connectivity index (χ3v) is 6.65. The van der Waals surface area contributed by atoms with Gasteiger partial charge in [0.05, 0.1) is 29.7 Å². The number of carbonyl (C=O) groups excluding carboxylic acids is 2. The van der Waals surface area contributed by atoms with E-state index in [1.165, 1.54) is 6.42 Å². The number of hydrogen-bond donors (Lipinski definition) is 2. The molecule has 7 nitrogen and oxygen atoms in total. The van der Waals surface area contributed by atoms with Crippen LogP contribution < -0.4 is 15.5 Å². The van der Waals surface area contributed by atoms with Gasteiger partial charge in [0.1, 0.15) is 5.82 Å². The molecule has 2 aromatic rings. The van der Waals surface area contributed by atoms with Crippen molar-refractivity contribution in [1.82, 2.24) is 15.2 Å². The Kier molecular flexibility index (Phi) is 6.16. The number of urea groups is 1. The number of hydrogen-bond acceptors (Lipinski definition) is 4. The van der Waals surface area contributed by atoms with Crippen LogP contribution in [0.2, 0.25) is 5.02 Å². The minimum atomic E-state index is -0.336. The Morgan fingerprint density at radius 1 is 1.23 bits per heavy atom. The van der Waals surface area contributed by atoms with Gasteiger partial charge in [-0.25, -0.2) is 9.78 Å². The highest BCUT2D eigenvalue weighted by Crippen LogP contribution is 2.39. The van der Waals surface area contributed by atoms with E-state index in [2.05, 4.69) is 17.6 Å². The number of nitrogens with one attached hydrogen (secondary N) is 2. The smallest absolute Gasteiger partial charge is 0.315 e. The molecule has 31 heavy (non-hydrogen) atoms. The summed E-state index contributed by atoms with van der Waals surface area (Å²) in [7, 11) is 1.73. The molecule has 3 amide bonds. The van der Waals surface area contributed by atoms with Crippen molar-refractivity contribution in [2.45, 2.75) is 51.7 Å². The molecule has 0 bridgehead atoms. The summed E-state index contributed by atoms with van der Waals surface area (Å²) >= 11 is 6.23. The zero-order valence-electron chi connectivity index (χ0n) is 18.1. The number of nitrogens with zero attached hydrogens (tertiary/aromatic N) is 3. The summed E-state index contributed by atoms with van der Waals surface area (Å²) in [5.41, 5.74) is 2.16. The fraction of sp³-hybridized carbons (Fsp3) is 0.435. The molecular formula is C23H28ClN5O2. The normalized spacial score (nSPS) is 18.3. The zero-order chi connectivity index (χ0) is 22.1. The van der Waals surface area contributed by atoms with Gasteiger partial charge in [-0.05, 0) is 70.0 Å². The molecule has 1 aliphatic heterocycles. The van der Waals surface area contributed by atoms with Crippen molar-refractivity contribution >= 4 is 40.7 Å². The number of benzene rings is 1. The van der Waals surface area contributed by atoms with Gasteiger partial charge in [0.25, 0.3) is 0 Å². The van der Waals surface area contributed by atoms with E-state index in [-0.39, 0.29) is 24.0 Å². The number of halogens is 1. The lowest BCUT2D eigenvalue weighted by atomic mass is 9.79. The van der Waals surface area contributed by atoms with Gasteiger partial charge in [-0.1, -0.05) is 24.1 Å². The van der Waals surface area contributed by atoms with Crippen LogP contribution in [0.5, 0.6) is 0 Å². The van der Waals surface area contributed by atoms with Gasteiger partial charge < -0.3 is 15.5 Å². The van der Waals surface area contributed by atoms with Gasteiger partial charge in [0.2, 0.25) is 5.91 Å². The summed E-state index contributed by atoms with van der Waals surface area (Å²) in [4.78, 5) is 34.1. The first kappa shape index (κ1) is 21.6. The largest absolute Gasteiger partial charge is 0.329 e. The van der Waals surface area contributed by atoms with Gasteiger partial charge in [-0.2, -0.15) is 0 Å². The van der Waals surface area contributed by atoms with E-state index in [0.717, 1.165) is 18.5 Å². The average molecular weight is 442 g/mol. The molecule has 0 radical (unpaired) electrons. The lowest BCUT2D eigenvalue weighted by Crippen LogP contribution is -2.52. The molecule has 1 saturated carbocycles. The molecule has 2 N–H and O–H groups in total. The Bertz CT molecular complexity index is 994. The maximum absolute atomic E-state index is 13.6. The van der Waals surface area contributed by atoms with Gasteiger partial charge in [0, 0.05) is 11.1 Å². The topological polar surface area (TPSA) is 77.6 Å². The SMILES string of the molecule is CN[C@@H](C)C(=O)Nc1ccc2c(n1)CN(C(C)C1CCC1)C(=O)N2c1cccc(Cl)c1. The summed E-state index contributed by atoms with van der Waals surface area (Å²) in [6.07, 6.45) is 3.49. The summed E-state index contributed by atoms with van der Waals surface area (Å²) < 4.78 is 0. The maximum Gasteiger partial charge on any atom is 0.329 e. The third kappa shape index (κ3) is 4.25. The van der Waals surface area contributed by atoms with Crippen molar-refractivity contribution in [3.8, 4) is 0 Å². The van der Waals surface area contributed by atoms with Crippen LogP contribution in [0.3, 0.4) is 0 Å². The Morgan fingerprint density at radius 3 is 2.65 bits per heavy atom. The van der Waals surface area contributed by atoms with Crippen molar-refractivity contribution < 1.29 is 9.59 Å². The molecule has 2 heterocycles. The second-order valence-corrected chi connectivity index (χ2v) is 8.76. The fourth-order valence-corrected chi connectivity index (χ4v) is 4.25. The quantitative estimate of drug-likeness (QED) is 0.689. The molecular weight excluding hydrogens is 414 g/mol. The Labute approximate surface area is 187 Å².